The molecule has 0 spiro atoms. The van der Waals surface area contributed by atoms with Gasteiger partial charge in [0.25, 0.3) is 40.5 Å². The normalized spacial score (nSPS) is 19.4. The second-order valence-corrected chi connectivity index (χ2v) is 26.7. The SMILES string of the molecule is CC1(C)C(=CC=C2CCCC(C=CC3=[N+](CCCCS(=O)(=O)O)c4ccc5cc(SOOO)cc(S(=O)(=O)O)c5c4C3(C)C)=C2Cl)C(CCCCS(=O)(=O)O)c2ccc3cc(S(=O)(=O)O)cc(SOOO)c3c21. The fourth-order valence-corrected chi connectivity index (χ4v) is 14.4. The molecule has 2 aliphatic carbocycles. The topological polar surface area (TPSA) is 298 Å². The van der Waals surface area contributed by atoms with Crippen LogP contribution >= 0.6 is 35.7 Å². The number of fused-ring (bicyclic) bond motifs is 6. The zero-order chi connectivity index (χ0) is 53.5. The lowest BCUT2D eigenvalue weighted by molar-refractivity contribution is -0.438. The van der Waals surface area contributed by atoms with E-state index in [-0.39, 0.29) is 40.5 Å². The maximum atomic E-state index is 13.0. The van der Waals surface area contributed by atoms with Crippen LogP contribution in [0.5, 0.6) is 0 Å². The van der Waals surface area contributed by atoms with Gasteiger partial charge in [-0.05, 0) is 116 Å². The first-order valence-corrected chi connectivity index (χ1v) is 30.5. The zero-order valence-electron chi connectivity index (χ0n) is 39.6. The summed E-state index contributed by atoms with van der Waals surface area (Å²) in [5.74, 6) is -1.20. The fraction of sp³-hybridized carbons (Fsp3) is 0.383. The zero-order valence-corrected chi connectivity index (χ0v) is 45.3. The van der Waals surface area contributed by atoms with Crippen LogP contribution in [0, 0.1) is 0 Å². The summed E-state index contributed by atoms with van der Waals surface area (Å²) in [5.41, 5.74) is 4.25. The van der Waals surface area contributed by atoms with Gasteiger partial charge in [0.05, 0.1) is 45.9 Å². The van der Waals surface area contributed by atoms with Gasteiger partial charge in [-0.2, -0.15) is 38.2 Å². The maximum Gasteiger partial charge on any atom is 0.295 e. The molecule has 3 aliphatic rings. The van der Waals surface area contributed by atoms with E-state index in [4.69, 9.17) is 26.4 Å². The van der Waals surface area contributed by atoms with Crippen molar-refractivity contribution in [2.24, 2.45) is 0 Å². The minimum atomic E-state index is -4.86. The number of rotatable bonds is 21. The molecular weight excluding hydrogens is 1090 g/mol. The first kappa shape index (κ1) is 57.1. The molecule has 0 fully saturated rings. The minimum Gasteiger partial charge on any atom is -0.286 e. The van der Waals surface area contributed by atoms with Gasteiger partial charge in [0.15, 0.2) is 5.71 Å². The summed E-state index contributed by atoms with van der Waals surface area (Å²) in [6.07, 6.45) is 11.1. The Morgan fingerprint density at radius 2 is 1.36 bits per heavy atom. The maximum absolute atomic E-state index is 13.0. The third-order valence-electron chi connectivity index (χ3n) is 13.5. The highest BCUT2D eigenvalue weighted by atomic mass is 35.5. The summed E-state index contributed by atoms with van der Waals surface area (Å²) in [6, 6.07) is 12.3. The van der Waals surface area contributed by atoms with Crippen molar-refractivity contribution < 1.29 is 85.7 Å². The average molecular weight is 1150 g/mol. The molecule has 26 heteroatoms. The monoisotopic (exact) mass is 1150 g/mol. The lowest BCUT2D eigenvalue weighted by Gasteiger charge is -2.26. The highest BCUT2D eigenvalue weighted by molar-refractivity contribution is 7.95. The number of hydrogen-bond donors (Lipinski definition) is 6. The summed E-state index contributed by atoms with van der Waals surface area (Å²) in [5, 5.41) is 27.5. The van der Waals surface area contributed by atoms with Gasteiger partial charge in [-0.1, -0.05) is 77.9 Å². The Morgan fingerprint density at radius 3 is 2.00 bits per heavy atom. The number of nitrogens with zero attached hydrogens (tertiary/aromatic N) is 1. The Kier molecular flexibility index (Phi) is 17.4. The Bertz CT molecular complexity index is 3490. The van der Waals surface area contributed by atoms with Crippen molar-refractivity contribution >= 4 is 109 Å². The molecule has 4 aromatic carbocycles. The predicted molar refractivity (Wildman–Crippen MR) is 275 cm³/mol. The summed E-state index contributed by atoms with van der Waals surface area (Å²) in [4.78, 5) is -0.425. The summed E-state index contributed by atoms with van der Waals surface area (Å²) in [6.45, 7) is 8.02. The molecule has 4 aromatic rings. The molecule has 0 radical (unpaired) electrons. The van der Waals surface area contributed by atoms with Crippen LogP contribution in [0.25, 0.3) is 21.5 Å². The molecule has 0 saturated heterocycles. The van der Waals surface area contributed by atoms with Crippen molar-refractivity contribution in [1.82, 2.24) is 0 Å². The molecule has 1 unspecified atom stereocenters. The van der Waals surface area contributed by atoms with E-state index < -0.39 is 72.6 Å². The molecule has 1 atom stereocenters. The second kappa shape index (κ2) is 22.2. The van der Waals surface area contributed by atoms with Crippen LogP contribution in [0.3, 0.4) is 0 Å². The van der Waals surface area contributed by atoms with Crippen LogP contribution in [-0.2, 0) is 70.0 Å². The molecule has 7 rings (SSSR count). The molecular formula is C47H53ClNO18S6+. The fourth-order valence-electron chi connectivity index (χ4n) is 10.5. The van der Waals surface area contributed by atoms with Gasteiger partial charge in [-0.25, -0.2) is 10.5 Å². The first-order chi connectivity index (χ1) is 34.1. The number of allylic oxidation sites excluding steroid dienone is 8. The highest BCUT2D eigenvalue weighted by Crippen LogP contribution is 2.56. The van der Waals surface area contributed by atoms with Gasteiger partial charge in [0.2, 0.25) is 5.69 Å². The van der Waals surface area contributed by atoms with Crippen LogP contribution in [0.1, 0.15) is 102 Å². The van der Waals surface area contributed by atoms with E-state index in [0.717, 1.165) is 27.8 Å². The van der Waals surface area contributed by atoms with Gasteiger partial charge in [-0.3, -0.25) is 18.2 Å². The molecule has 1 aliphatic heterocycles. The number of benzene rings is 4. The first-order valence-electron chi connectivity index (χ1n) is 22.6. The third-order valence-corrected chi connectivity index (χ3v) is 18.5. The molecule has 0 bridgehead atoms. The van der Waals surface area contributed by atoms with E-state index >= 15 is 0 Å². The largest absolute Gasteiger partial charge is 0.295 e. The predicted octanol–water partition coefficient (Wildman–Crippen LogP) is 10.6. The summed E-state index contributed by atoms with van der Waals surface area (Å²) in [7, 11) is -18.0. The lowest BCUT2D eigenvalue weighted by Crippen LogP contribution is -2.28. The molecule has 396 valence electrons. The van der Waals surface area contributed by atoms with Crippen LogP contribution in [0.2, 0.25) is 0 Å². The van der Waals surface area contributed by atoms with Gasteiger partial charge < -0.3 is 0 Å². The second-order valence-electron chi connectivity index (χ2n) is 18.9. The standard InChI is InChI=1S/C47H52ClNO18S6/c1-46(2)36(34(12-5-7-22-70(52,53)54)35-17-13-31-25-33(72(58,59)60)27-38(69-67-65-51)41(31)43(35)46)18-14-28-10-9-11-29(45(28)48)16-20-40-47(3,4)44-37(49(40)21-6-8-23-71(55,56)57)19-15-30-24-32(68-66-64-50)26-39(42(30)44)73(61,62)63/h13-20,24-27,34H,5-12,21-23H2,1-4H3,(H5-,50,51,52,53,54,55,56,57,58,59,60,61,62,63)/p+1. The van der Waals surface area contributed by atoms with Crippen molar-refractivity contribution in [1.29, 1.82) is 0 Å². The van der Waals surface area contributed by atoms with E-state index in [0.29, 0.717) is 101 Å². The van der Waals surface area contributed by atoms with Gasteiger partial charge >= 0.3 is 0 Å². The number of unbranched alkanes of at least 4 members (excludes halogenated alkanes) is 2. The number of halogens is 1. The van der Waals surface area contributed by atoms with E-state index in [1.807, 2.05) is 62.6 Å². The Morgan fingerprint density at radius 1 is 0.712 bits per heavy atom. The number of hydrogen-bond acceptors (Lipinski definition) is 16. The van der Waals surface area contributed by atoms with E-state index in [2.05, 4.69) is 14.4 Å². The minimum absolute atomic E-state index is 0.117. The molecule has 73 heavy (non-hydrogen) atoms. The van der Waals surface area contributed by atoms with Crippen molar-refractivity contribution in [3.63, 3.8) is 0 Å². The van der Waals surface area contributed by atoms with Crippen molar-refractivity contribution in [3.8, 4) is 0 Å². The van der Waals surface area contributed by atoms with E-state index in [9.17, 15) is 51.9 Å². The molecule has 6 N–H and O–H groups in total. The van der Waals surface area contributed by atoms with Crippen molar-refractivity contribution in [2.75, 3.05) is 18.1 Å². The molecule has 1 heterocycles. The Labute approximate surface area is 436 Å². The average Bonchev–Trinajstić information content (AvgIpc) is 3.65. The summed E-state index contributed by atoms with van der Waals surface area (Å²) >= 11 is 8.36. The highest BCUT2D eigenvalue weighted by Gasteiger charge is 2.47. The summed E-state index contributed by atoms with van der Waals surface area (Å²) < 4.78 is 148. The van der Waals surface area contributed by atoms with Crippen LogP contribution in [-0.4, -0.2) is 90.7 Å². The van der Waals surface area contributed by atoms with Gasteiger partial charge in [0.1, 0.15) is 11.4 Å². The Balaban J connectivity index is 1.32. The van der Waals surface area contributed by atoms with Crippen molar-refractivity contribution in [3.05, 3.63) is 111 Å². The third kappa shape index (κ3) is 12.7. The van der Waals surface area contributed by atoms with Gasteiger partial charge in [-0.15, -0.1) is 8.67 Å². The quantitative estimate of drug-likeness (QED) is 0.0113. The lowest BCUT2D eigenvalue weighted by atomic mass is 9.78. The van der Waals surface area contributed by atoms with Crippen LogP contribution < -0.4 is 0 Å². The molecule has 19 nitrogen and oxygen atoms in total. The van der Waals surface area contributed by atoms with E-state index in [1.165, 1.54) is 18.2 Å². The molecule has 0 amide bonds. The molecule has 0 aromatic heterocycles. The van der Waals surface area contributed by atoms with Crippen molar-refractivity contribution in [2.45, 2.75) is 115 Å². The van der Waals surface area contributed by atoms with Crippen LogP contribution in [0.4, 0.5) is 5.69 Å². The Hall–Kier alpha value is -3.58. The molecule has 0 saturated carbocycles. The van der Waals surface area contributed by atoms with Gasteiger partial charge in [0, 0.05) is 61.1 Å². The van der Waals surface area contributed by atoms with E-state index in [1.54, 1.807) is 24.3 Å². The smallest absolute Gasteiger partial charge is 0.286 e. The van der Waals surface area contributed by atoms with Crippen LogP contribution in [0.15, 0.2) is 114 Å².